The Morgan fingerprint density at radius 3 is 2.30 bits per heavy atom. The van der Waals surface area contributed by atoms with E-state index in [4.69, 9.17) is 14.2 Å². The van der Waals surface area contributed by atoms with E-state index in [9.17, 15) is 14.4 Å². The molecule has 0 saturated heterocycles. The molecule has 0 spiro atoms. The molecule has 0 aliphatic carbocycles. The summed E-state index contributed by atoms with van der Waals surface area (Å²) in [6.45, 7) is 3.72. The van der Waals surface area contributed by atoms with E-state index in [1.807, 2.05) is 18.2 Å². The second kappa shape index (κ2) is 13.7. The molecule has 3 amide bonds. The predicted octanol–water partition coefficient (Wildman–Crippen LogP) is 3.37. The van der Waals surface area contributed by atoms with Gasteiger partial charge in [0.25, 0.3) is 5.91 Å². The number of carbonyl (C=O) groups is 3. The zero-order valence-corrected chi connectivity index (χ0v) is 20.1. The summed E-state index contributed by atoms with van der Waals surface area (Å²) in [6.07, 6.45) is 2.96. The second-order valence-electron chi connectivity index (χ2n) is 7.39. The number of methoxy groups -OCH3 is 1. The third-order valence-corrected chi connectivity index (χ3v) is 4.67. The van der Waals surface area contributed by atoms with E-state index in [1.54, 1.807) is 60.7 Å². The molecule has 0 aliphatic rings. The van der Waals surface area contributed by atoms with Crippen molar-refractivity contribution in [3.05, 3.63) is 91.0 Å². The average Bonchev–Trinajstić information content (AvgIpc) is 2.92. The molecule has 3 aromatic rings. The van der Waals surface area contributed by atoms with Crippen LogP contribution in [0.1, 0.15) is 5.56 Å². The first-order valence-corrected chi connectivity index (χ1v) is 11.1. The molecule has 0 fully saturated rings. The van der Waals surface area contributed by atoms with E-state index in [2.05, 4.69) is 27.7 Å². The Bertz CT molecular complexity index is 1260. The summed E-state index contributed by atoms with van der Waals surface area (Å²) < 4.78 is 16.2. The van der Waals surface area contributed by atoms with Crippen LogP contribution in [-0.2, 0) is 14.4 Å². The Hall–Kier alpha value is -5.12. The van der Waals surface area contributed by atoms with Crippen LogP contribution in [-0.4, -0.2) is 44.3 Å². The van der Waals surface area contributed by atoms with E-state index >= 15 is 0 Å². The maximum absolute atomic E-state index is 12.1. The molecule has 0 unspecified atom stereocenters. The van der Waals surface area contributed by atoms with Gasteiger partial charge in [-0.15, -0.1) is 0 Å². The van der Waals surface area contributed by atoms with Crippen molar-refractivity contribution >= 4 is 35.3 Å². The highest BCUT2D eigenvalue weighted by molar-refractivity contribution is 6.39. The molecule has 10 heteroatoms. The summed E-state index contributed by atoms with van der Waals surface area (Å²) in [5, 5.41) is 9.00. The Labute approximate surface area is 213 Å². The summed E-state index contributed by atoms with van der Waals surface area (Å²) in [4.78, 5) is 36.2. The number of nitrogens with zero attached hydrogens (tertiary/aromatic N) is 1. The van der Waals surface area contributed by atoms with Gasteiger partial charge in [0.1, 0.15) is 12.4 Å². The summed E-state index contributed by atoms with van der Waals surface area (Å²) in [6, 6.07) is 20.4. The van der Waals surface area contributed by atoms with Gasteiger partial charge in [0.2, 0.25) is 0 Å². The van der Waals surface area contributed by atoms with E-state index in [0.29, 0.717) is 40.8 Å². The molecule has 0 bridgehead atoms. The van der Waals surface area contributed by atoms with Crippen LogP contribution in [0.2, 0.25) is 0 Å². The van der Waals surface area contributed by atoms with E-state index in [-0.39, 0.29) is 12.5 Å². The third kappa shape index (κ3) is 8.55. The molecule has 3 N–H and O–H groups in total. The van der Waals surface area contributed by atoms with E-state index in [1.165, 1.54) is 13.3 Å². The van der Waals surface area contributed by atoms with Gasteiger partial charge in [-0.3, -0.25) is 14.4 Å². The molecule has 37 heavy (non-hydrogen) atoms. The first-order valence-electron chi connectivity index (χ1n) is 11.1. The van der Waals surface area contributed by atoms with Gasteiger partial charge in [-0.2, -0.15) is 5.10 Å². The minimum atomic E-state index is -0.945. The van der Waals surface area contributed by atoms with Crippen molar-refractivity contribution in [1.82, 2.24) is 5.43 Å². The maximum atomic E-state index is 12.1. The molecular formula is C27H26N4O6. The molecule has 3 aromatic carbocycles. The predicted molar refractivity (Wildman–Crippen MR) is 140 cm³/mol. The number of hydrazone groups is 1. The molecule has 0 saturated carbocycles. The zero-order chi connectivity index (χ0) is 26.5. The van der Waals surface area contributed by atoms with Gasteiger partial charge in [0, 0.05) is 11.4 Å². The topological polar surface area (TPSA) is 127 Å². The highest BCUT2D eigenvalue weighted by atomic mass is 16.5. The number of ether oxygens (including phenoxy) is 3. The number of carbonyl (C=O) groups excluding carboxylic acids is 3. The van der Waals surface area contributed by atoms with Crippen LogP contribution in [0.4, 0.5) is 11.4 Å². The lowest BCUT2D eigenvalue weighted by atomic mass is 10.2. The van der Waals surface area contributed by atoms with Crippen LogP contribution in [0.15, 0.2) is 90.6 Å². The van der Waals surface area contributed by atoms with Gasteiger partial charge in [-0.05, 0) is 60.2 Å². The Balaban J connectivity index is 1.49. The highest BCUT2D eigenvalue weighted by Crippen LogP contribution is 2.27. The average molecular weight is 503 g/mol. The van der Waals surface area contributed by atoms with Crippen LogP contribution >= 0.6 is 0 Å². The third-order valence-electron chi connectivity index (χ3n) is 4.67. The summed E-state index contributed by atoms with van der Waals surface area (Å²) in [7, 11) is 1.46. The van der Waals surface area contributed by atoms with Crippen molar-refractivity contribution in [3.63, 3.8) is 0 Å². The molecule has 0 aromatic heterocycles. The van der Waals surface area contributed by atoms with Gasteiger partial charge >= 0.3 is 11.8 Å². The van der Waals surface area contributed by atoms with Crippen LogP contribution in [0, 0.1) is 0 Å². The fourth-order valence-corrected chi connectivity index (χ4v) is 2.94. The smallest absolute Gasteiger partial charge is 0.329 e. The number of benzene rings is 3. The lowest BCUT2D eigenvalue weighted by molar-refractivity contribution is -0.136. The SMILES string of the molecule is C=CCOc1ccc(NC(=O)C(=O)N/N=C\c2ccc(OCC(=O)Nc3ccccc3)c(OC)c2)cc1. The number of anilines is 2. The van der Waals surface area contributed by atoms with Gasteiger partial charge in [-0.1, -0.05) is 30.9 Å². The number of hydrogen-bond acceptors (Lipinski definition) is 7. The molecule has 3 rings (SSSR count). The summed E-state index contributed by atoms with van der Waals surface area (Å²) in [5.41, 5.74) is 3.82. The summed E-state index contributed by atoms with van der Waals surface area (Å²) in [5.74, 6) is -0.828. The molecular weight excluding hydrogens is 476 g/mol. The normalized spacial score (nSPS) is 10.3. The van der Waals surface area contributed by atoms with Crippen molar-refractivity contribution in [1.29, 1.82) is 0 Å². The van der Waals surface area contributed by atoms with Crippen molar-refractivity contribution in [2.24, 2.45) is 5.10 Å². The largest absolute Gasteiger partial charge is 0.493 e. The van der Waals surface area contributed by atoms with E-state index in [0.717, 1.165) is 0 Å². The van der Waals surface area contributed by atoms with Crippen molar-refractivity contribution in [2.45, 2.75) is 0 Å². The minimum absolute atomic E-state index is 0.214. The maximum Gasteiger partial charge on any atom is 0.329 e. The molecule has 10 nitrogen and oxygen atoms in total. The first-order chi connectivity index (χ1) is 18.0. The quantitative estimate of drug-likeness (QED) is 0.160. The standard InChI is InChI=1S/C27H26N4O6/c1-3-15-36-22-12-10-21(11-13-22)30-26(33)27(34)31-28-17-19-9-14-23(24(16-19)35-2)37-18-25(32)29-20-7-5-4-6-8-20/h3-14,16-17H,1,15,18H2,2H3,(H,29,32)(H,30,33)(H,31,34)/b28-17-. The molecule has 0 aliphatic heterocycles. The van der Waals surface area contributed by atoms with Crippen LogP contribution < -0.4 is 30.3 Å². The highest BCUT2D eigenvalue weighted by Gasteiger charge is 2.13. The van der Waals surface area contributed by atoms with Gasteiger partial charge in [0.05, 0.1) is 13.3 Å². The van der Waals surface area contributed by atoms with Crippen LogP contribution in [0.5, 0.6) is 17.2 Å². The Kier molecular flexibility index (Phi) is 9.80. The molecule has 0 heterocycles. The number of nitrogens with one attached hydrogen (secondary N) is 3. The monoisotopic (exact) mass is 502 g/mol. The van der Waals surface area contributed by atoms with Crippen LogP contribution in [0.25, 0.3) is 0 Å². The Morgan fingerprint density at radius 1 is 0.865 bits per heavy atom. The molecule has 0 atom stereocenters. The first kappa shape index (κ1) is 26.5. The van der Waals surface area contributed by atoms with Crippen molar-refractivity contribution in [2.75, 3.05) is 31.0 Å². The van der Waals surface area contributed by atoms with Crippen molar-refractivity contribution < 1.29 is 28.6 Å². The van der Waals surface area contributed by atoms with E-state index < -0.39 is 11.8 Å². The molecule has 190 valence electrons. The second-order valence-corrected chi connectivity index (χ2v) is 7.39. The van der Waals surface area contributed by atoms with Gasteiger partial charge in [0.15, 0.2) is 18.1 Å². The lowest BCUT2D eigenvalue weighted by Crippen LogP contribution is -2.32. The Morgan fingerprint density at radius 2 is 1.59 bits per heavy atom. The zero-order valence-electron chi connectivity index (χ0n) is 20.1. The molecule has 0 radical (unpaired) electrons. The number of hydrogen-bond donors (Lipinski definition) is 3. The fourth-order valence-electron chi connectivity index (χ4n) is 2.94. The van der Waals surface area contributed by atoms with Gasteiger partial charge < -0.3 is 24.8 Å². The van der Waals surface area contributed by atoms with Crippen LogP contribution in [0.3, 0.4) is 0 Å². The fraction of sp³-hybridized carbons (Fsp3) is 0.111. The lowest BCUT2D eigenvalue weighted by Gasteiger charge is -2.11. The number of amides is 3. The van der Waals surface area contributed by atoms with Crippen molar-refractivity contribution in [3.8, 4) is 17.2 Å². The minimum Gasteiger partial charge on any atom is -0.493 e. The van der Waals surface area contributed by atoms with Gasteiger partial charge in [-0.25, -0.2) is 5.43 Å². The summed E-state index contributed by atoms with van der Waals surface area (Å²) >= 11 is 0. The number of rotatable bonds is 11. The number of para-hydroxylation sites is 1.